The molecule has 1 unspecified atom stereocenters. The molecule has 132 valence electrons. The molecular weight excluding hydrogens is 396 g/mol. The third-order valence-corrected chi connectivity index (χ3v) is 5.57. The van der Waals surface area contributed by atoms with E-state index in [2.05, 4.69) is 15.9 Å². The molecule has 0 aliphatic carbocycles. The molecule has 0 spiro atoms. The van der Waals surface area contributed by atoms with Crippen molar-refractivity contribution >= 4 is 32.7 Å². The molecule has 1 aliphatic heterocycles. The summed E-state index contributed by atoms with van der Waals surface area (Å²) in [5.41, 5.74) is 3.70. The lowest BCUT2D eigenvalue weighted by molar-refractivity contribution is 0.0852. The minimum absolute atomic E-state index is 0.0434. The average molecular weight is 413 g/mol. The zero-order chi connectivity index (χ0) is 18.6. The van der Waals surface area contributed by atoms with Crippen molar-refractivity contribution in [3.63, 3.8) is 0 Å². The summed E-state index contributed by atoms with van der Waals surface area (Å²) in [7, 11) is 0. The van der Waals surface area contributed by atoms with E-state index in [1.165, 1.54) is 0 Å². The Balaban J connectivity index is 1.96. The van der Waals surface area contributed by atoms with Gasteiger partial charge >= 0.3 is 5.63 Å². The zero-order valence-electron chi connectivity index (χ0n) is 14.7. The van der Waals surface area contributed by atoms with E-state index < -0.39 is 0 Å². The molecule has 0 bridgehead atoms. The monoisotopic (exact) mass is 412 g/mol. The number of halogens is 1. The number of Topliss-reactive ketones (excluding diaryl/α,β-unsaturated/α-hetero) is 1. The van der Waals surface area contributed by atoms with Crippen LogP contribution in [0.25, 0.3) is 11.0 Å². The van der Waals surface area contributed by atoms with Crippen LogP contribution in [0.5, 0.6) is 5.75 Å². The van der Waals surface area contributed by atoms with E-state index in [0.29, 0.717) is 27.8 Å². The molecule has 0 amide bonds. The van der Waals surface area contributed by atoms with Gasteiger partial charge in [0.1, 0.15) is 17.4 Å². The molecule has 2 heterocycles. The number of benzene rings is 2. The lowest BCUT2D eigenvalue weighted by Crippen LogP contribution is -2.22. The molecule has 0 saturated heterocycles. The lowest BCUT2D eigenvalue weighted by Gasteiger charge is -2.28. The van der Waals surface area contributed by atoms with Gasteiger partial charge in [-0.15, -0.1) is 0 Å². The van der Waals surface area contributed by atoms with Crippen molar-refractivity contribution in [1.29, 1.82) is 0 Å². The van der Waals surface area contributed by atoms with Gasteiger partial charge in [0.25, 0.3) is 0 Å². The van der Waals surface area contributed by atoms with Gasteiger partial charge < -0.3 is 9.15 Å². The fourth-order valence-electron chi connectivity index (χ4n) is 3.49. The van der Waals surface area contributed by atoms with Crippen LogP contribution in [0.4, 0.5) is 0 Å². The van der Waals surface area contributed by atoms with Crippen LogP contribution in [-0.4, -0.2) is 5.78 Å². The fraction of sp³-hybridized carbons (Fsp3) is 0.238. The van der Waals surface area contributed by atoms with Crippen molar-refractivity contribution in [2.24, 2.45) is 0 Å². The maximum Gasteiger partial charge on any atom is 0.339 e. The molecule has 4 rings (SSSR count). The predicted molar refractivity (Wildman–Crippen MR) is 103 cm³/mol. The molecule has 5 heteroatoms. The van der Waals surface area contributed by atoms with Gasteiger partial charge in [-0.3, -0.25) is 4.79 Å². The van der Waals surface area contributed by atoms with E-state index in [-0.39, 0.29) is 23.9 Å². The molecule has 0 N–H and O–H groups in total. The van der Waals surface area contributed by atoms with E-state index in [9.17, 15) is 9.59 Å². The van der Waals surface area contributed by atoms with Crippen LogP contribution in [0.15, 0.2) is 44.0 Å². The Labute approximate surface area is 158 Å². The van der Waals surface area contributed by atoms with Crippen molar-refractivity contribution in [3.05, 3.63) is 73.0 Å². The second kappa shape index (κ2) is 6.09. The molecule has 0 radical (unpaired) electrons. The lowest BCUT2D eigenvalue weighted by atomic mass is 9.90. The highest BCUT2D eigenvalue weighted by atomic mass is 79.9. The average Bonchev–Trinajstić information content (AvgIpc) is 2.59. The number of fused-ring (bicyclic) bond motifs is 3. The van der Waals surface area contributed by atoms with E-state index in [4.69, 9.17) is 9.15 Å². The predicted octanol–water partition coefficient (Wildman–Crippen LogP) is 5.19. The summed E-state index contributed by atoms with van der Waals surface area (Å²) in [6.07, 6.45) is -0.0739. The molecule has 26 heavy (non-hydrogen) atoms. The van der Waals surface area contributed by atoms with Crippen LogP contribution in [0.3, 0.4) is 0 Å². The van der Waals surface area contributed by atoms with E-state index >= 15 is 0 Å². The summed E-state index contributed by atoms with van der Waals surface area (Å²) in [5.74, 6) is 0.565. The van der Waals surface area contributed by atoms with Gasteiger partial charge in [-0.1, -0.05) is 28.1 Å². The molecule has 0 saturated carbocycles. The van der Waals surface area contributed by atoms with Crippen molar-refractivity contribution in [1.82, 2.24) is 0 Å². The number of aryl methyl sites for hydroxylation is 2. The largest absolute Gasteiger partial charge is 0.484 e. The van der Waals surface area contributed by atoms with Gasteiger partial charge in [0, 0.05) is 10.0 Å². The first-order chi connectivity index (χ1) is 12.4. The smallest absolute Gasteiger partial charge is 0.339 e. The minimum atomic E-state index is -0.361. The summed E-state index contributed by atoms with van der Waals surface area (Å²) in [6.45, 7) is 5.43. The second-order valence-corrected chi connectivity index (χ2v) is 7.61. The maximum atomic E-state index is 12.9. The molecule has 1 aromatic heterocycles. The summed E-state index contributed by atoms with van der Waals surface area (Å²) < 4.78 is 12.7. The molecule has 0 fully saturated rings. The summed E-state index contributed by atoms with van der Waals surface area (Å²) in [5, 5.41) is 0.706. The molecule has 4 nitrogen and oxygen atoms in total. The fourth-order valence-corrected chi connectivity index (χ4v) is 3.76. The standard InChI is InChI=1S/C21H17BrO4/c1-10-8-17-19(11(2)12(3)21(24)26-17)20-18(10)15(23)9-16(25-20)13-4-6-14(22)7-5-13/h4-8,16H,9H2,1-3H3. The number of hydrogen-bond acceptors (Lipinski definition) is 4. The Bertz CT molecular complexity index is 1110. The Morgan fingerprint density at radius 2 is 1.73 bits per heavy atom. The normalized spacial score (nSPS) is 16.5. The summed E-state index contributed by atoms with van der Waals surface area (Å²) in [4.78, 5) is 24.9. The molecule has 1 atom stereocenters. The SMILES string of the molecule is Cc1cc2oc(=O)c(C)c(C)c2c2c1C(=O)CC(c1ccc(Br)cc1)O2. The van der Waals surface area contributed by atoms with Crippen molar-refractivity contribution < 1.29 is 13.9 Å². The first kappa shape index (κ1) is 17.0. The number of rotatable bonds is 1. The highest BCUT2D eigenvalue weighted by Gasteiger charge is 2.32. The van der Waals surface area contributed by atoms with Crippen LogP contribution in [0, 0.1) is 20.8 Å². The molecular formula is C21H17BrO4. The maximum absolute atomic E-state index is 12.9. The third kappa shape index (κ3) is 2.58. The van der Waals surface area contributed by atoms with Crippen molar-refractivity contribution in [2.45, 2.75) is 33.3 Å². The van der Waals surface area contributed by atoms with Gasteiger partial charge in [-0.05, 0) is 55.7 Å². The van der Waals surface area contributed by atoms with Crippen LogP contribution >= 0.6 is 15.9 Å². The molecule has 1 aliphatic rings. The molecule has 3 aromatic rings. The van der Waals surface area contributed by atoms with E-state index in [1.54, 1.807) is 13.0 Å². The number of hydrogen-bond donors (Lipinski definition) is 0. The highest BCUT2D eigenvalue weighted by Crippen LogP contribution is 2.43. The van der Waals surface area contributed by atoms with Gasteiger partial charge in [-0.2, -0.15) is 0 Å². The third-order valence-electron chi connectivity index (χ3n) is 5.04. The van der Waals surface area contributed by atoms with E-state index in [0.717, 1.165) is 21.2 Å². The Morgan fingerprint density at radius 3 is 2.42 bits per heavy atom. The van der Waals surface area contributed by atoms with Crippen LogP contribution in [0.1, 0.15) is 45.1 Å². The van der Waals surface area contributed by atoms with E-state index in [1.807, 2.05) is 38.1 Å². The zero-order valence-corrected chi connectivity index (χ0v) is 16.3. The van der Waals surface area contributed by atoms with Crippen LogP contribution in [-0.2, 0) is 0 Å². The van der Waals surface area contributed by atoms with Crippen LogP contribution < -0.4 is 10.4 Å². The summed E-state index contributed by atoms with van der Waals surface area (Å²) >= 11 is 3.42. The Kier molecular flexibility index (Phi) is 3.99. The van der Waals surface area contributed by atoms with Gasteiger partial charge in [-0.25, -0.2) is 4.79 Å². The van der Waals surface area contributed by atoms with Crippen molar-refractivity contribution in [3.8, 4) is 5.75 Å². The molecule has 2 aromatic carbocycles. The number of carbonyl (C=O) groups excluding carboxylic acids is 1. The topological polar surface area (TPSA) is 56.5 Å². The minimum Gasteiger partial charge on any atom is -0.484 e. The number of ketones is 1. The quantitative estimate of drug-likeness (QED) is 0.516. The highest BCUT2D eigenvalue weighted by molar-refractivity contribution is 9.10. The summed E-state index contributed by atoms with van der Waals surface area (Å²) in [6, 6.07) is 9.51. The first-order valence-corrected chi connectivity index (χ1v) is 9.19. The van der Waals surface area contributed by atoms with Crippen molar-refractivity contribution in [2.75, 3.05) is 0 Å². The van der Waals surface area contributed by atoms with Gasteiger partial charge in [0.2, 0.25) is 0 Å². The van der Waals surface area contributed by atoms with Gasteiger partial charge in [0.05, 0.1) is 17.4 Å². The Morgan fingerprint density at radius 1 is 1.04 bits per heavy atom. The second-order valence-electron chi connectivity index (χ2n) is 6.70. The van der Waals surface area contributed by atoms with Gasteiger partial charge in [0.15, 0.2) is 5.78 Å². The van der Waals surface area contributed by atoms with Crippen LogP contribution in [0.2, 0.25) is 0 Å². The number of ether oxygens (including phenoxy) is 1. The Hall–Kier alpha value is -2.40. The first-order valence-electron chi connectivity index (χ1n) is 8.39. The number of carbonyl (C=O) groups is 1.